The Kier molecular flexibility index (Phi) is 2.78. The van der Waals surface area contributed by atoms with Crippen molar-refractivity contribution in [3.05, 3.63) is 36.2 Å². The number of nitrogens with one attached hydrogen (secondary N) is 1. The summed E-state index contributed by atoms with van der Waals surface area (Å²) < 4.78 is 0. The Hall–Kier alpha value is -1.65. The van der Waals surface area contributed by atoms with Crippen LogP contribution in [0.5, 0.6) is 0 Å². The van der Waals surface area contributed by atoms with Gasteiger partial charge in [-0.25, -0.2) is 4.98 Å². The summed E-state index contributed by atoms with van der Waals surface area (Å²) in [4.78, 5) is 13.7. The first-order valence-corrected chi connectivity index (χ1v) is 6.89. The molecule has 0 aliphatic carbocycles. The minimum atomic E-state index is -0.230. The largest absolute Gasteiger partial charge is 0.338 e. The second kappa shape index (κ2) is 4.17. The Balaban J connectivity index is 2.13. The lowest BCUT2D eigenvalue weighted by Gasteiger charge is -2.39. The number of aromatic amines is 1. The predicted octanol–water partition coefficient (Wildman–Crippen LogP) is 3.38. The summed E-state index contributed by atoms with van der Waals surface area (Å²) in [5, 5.41) is 2.02. The van der Waals surface area contributed by atoms with Gasteiger partial charge in [0.05, 0.1) is 29.2 Å². The van der Waals surface area contributed by atoms with Crippen LogP contribution < -0.4 is 0 Å². The maximum absolute atomic E-state index is 5.61. The highest BCUT2D eigenvalue weighted by Gasteiger charge is 2.47. The lowest BCUT2D eigenvalue weighted by atomic mass is 9.96. The molecule has 1 N–H and O–H groups in total. The Morgan fingerprint density at radius 3 is 2.45 bits per heavy atom. The van der Waals surface area contributed by atoms with Crippen LogP contribution in [-0.2, 0) is 4.84 Å². The fourth-order valence-corrected chi connectivity index (χ4v) is 3.32. The first-order chi connectivity index (χ1) is 9.36. The molecule has 0 saturated carbocycles. The van der Waals surface area contributed by atoms with E-state index in [-0.39, 0.29) is 11.1 Å². The molecule has 0 unspecified atom stereocenters. The summed E-state index contributed by atoms with van der Waals surface area (Å²) in [6, 6.07) is 8.10. The molecule has 2 aromatic rings. The first-order valence-electron chi connectivity index (χ1n) is 6.89. The maximum atomic E-state index is 5.61. The van der Waals surface area contributed by atoms with Gasteiger partial charge in [-0.3, -0.25) is 0 Å². The van der Waals surface area contributed by atoms with Gasteiger partial charge in [-0.05, 0) is 39.8 Å². The highest BCUT2D eigenvalue weighted by Crippen LogP contribution is 2.44. The van der Waals surface area contributed by atoms with E-state index in [0.717, 1.165) is 16.9 Å². The molecule has 3 rings (SSSR count). The number of para-hydroxylation sites is 2. The monoisotopic (exact) mass is 271 g/mol. The first kappa shape index (κ1) is 13.3. The van der Waals surface area contributed by atoms with Crippen LogP contribution in [0, 0.1) is 0 Å². The van der Waals surface area contributed by atoms with E-state index < -0.39 is 0 Å². The number of benzene rings is 1. The number of fused-ring (bicyclic) bond motifs is 1. The Morgan fingerprint density at radius 2 is 1.85 bits per heavy atom. The molecule has 1 aromatic heterocycles. The summed E-state index contributed by atoms with van der Waals surface area (Å²) in [5.41, 5.74) is 2.83. The normalized spacial score (nSPS) is 21.4. The summed E-state index contributed by atoms with van der Waals surface area (Å²) in [7, 11) is 1.72. The average Bonchev–Trinajstić information content (AvgIpc) is 2.85. The van der Waals surface area contributed by atoms with E-state index >= 15 is 0 Å². The number of aromatic nitrogens is 2. The molecule has 4 heteroatoms. The number of hydrogen-bond donors (Lipinski definition) is 1. The van der Waals surface area contributed by atoms with Gasteiger partial charge in [-0.1, -0.05) is 18.2 Å². The third kappa shape index (κ3) is 1.79. The van der Waals surface area contributed by atoms with E-state index in [1.54, 1.807) is 7.11 Å². The van der Waals surface area contributed by atoms with E-state index in [9.17, 15) is 0 Å². The van der Waals surface area contributed by atoms with Crippen molar-refractivity contribution in [3.8, 4) is 0 Å². The van der Waals surface area contributed by atoms with Crippen LogP contribution in [-0.4, -0.2) is 33.2 Å². The highest BCUT2D eigenvalue weighted by atomic mass is 16.7. The van der Waals surface area contributed by atoms with Gasteiger partial charge in [0.1, 0.15) is 5.82 Å². The van der Waals surface area contributed by atoms with E-state index in [0.29, 0.717) is 0 Å². The van der Waals surface area contributed by atoms with E-state index in [1.165, 1.54) is 5.57 Å². The molecule has 1 aliphatic heterocycles. The van der Waals surface area contributed by atoms with Gasteiger partial charge in [0.15, 0.2) is 0 Å². The van der Waals surface area contributed by atoms with Crippen LogP contribution in [0.4, 0.5) is 0 Å². The second-order valence-corrected chi connectivity index (χ2v) is 6.35. The van der Waals surface area contributed by atoms with Crippen LogP contribution in [0.2, 0.25) is 0 Å². The van der Waals surface area contributed by atoms with Crippen LogP contribution in [0.25, 0.3) is 16.6 Å². The molecule has 0 saturated heterocycles. The standard InChI is InChI=1S/C16H21N3O/c1-15(2)10-11(16(3,4)19(15)20-5)14-17-12-8-6-7-9-13(12)18-14/h6-10H,1-5H3,(H,17,18). The maximum Gasteiger partial charge on any atom is 0.136 e. The number of hydrogen-bond acceptors (Lipinski definition) is 3. The highest BCUT2D eigenvalue weighted by molar-refractivity contribution is 5.81. The Labute approximate surface area is 119 Å². The summed E-state index contributed by atoms with van der Waals surface area (Å²) in [6.07, 6.45) is 2.23. The Morgan fingerprint density at radius 1 is 1.15 bits per heavy atom. The van der Waals surface area contributed by atoms with Crippen molar-refractivity contribution in [2.45, 2.75) is 38.8 Å². The third-order valence-corrected chi connectivity index (χ3v) is 4.01. The zero-order valence-electron chi connectivity index (χ0n) is 12.7. The van der Waals surface area contributed by atoms with Gasteiger partial charge >= 0.3 is 0 Å². The van der Waals surface area contributed by atoms with Gasteiger partial charge in [-0.2, -0.15) is 5.06 Å². The van der Waals surface area contributed by atoms with E-state index in [1.807, 2.05) is 29.3 Å². The van der Waals surface area contributed by atoms with Gasteiger partial charge in [0.25, 0.3) is 0 Å². The molecule has 106 valence electrons. The number of hydroxylamine groups is 2. The molecule has 4 nitrogen and oxygen atoms in total. The smallest absolute Gasteiger partial charge is 0.136 e. The minimum absolute atomic E-state index is 0.160. The van der Waals surface area contributed by atoms with Crippen LogP contribution in [0.3, 0.4) is 0 Å². The fraction of sp³-hybridized carbons (Fsp3) is 0.438. The van der Waals surface area contributed by atoms with E-state index in [4.69, 9.17) is 9.82 Å². The van der Waals surface area contributed by atoms with Crippen LogP contribution >= 0.6 is 0 Å². The zero-order valence-corrected chi connectivity index (χ0v) is 12.7. The molecule has 0 bridgehead atoms. The van der Waals surface area contributed by atoms with Gasteiger partial charge < -0.3 is 9.82 Å². The summed E-state index contributed by atoms with van der Waals surface area (Å²) in [6.45, 7) is 8.61. The van der Waals surface area contributed by atoms with Crippen LogP contribution in [0.1, 0.15) is 33.5 Å². The topological polar surface area (TPSA) is 41.1 Å². The number of nitrogens with zero attached hydrogens (tertiary/aromatic N) is 2. The molecule has 20 heavy (non-hydrogen) atoms. The quantitative estimate of drug-likeness (QED) is 0.910. The zero-order chi connectivity index (χ0) is 14.5. The SMILES string of the molecule is CON1C(C)(C)C=C(c2nc3ccccc3[nH]2)C1(C)C. The lowest BCUT2D eigenvalue weighted by Crippen LogP contribution is -2.49. The summed E-state index contributed by atoms with van der Waals surface area (Å²) in [5.74, 6) is 0.920. The molecule has 2 heterocycles. The summed E-state index contributed by atoms with van der Waals surface area (Å²) >= 11 is 0. The number of H-pyrrole nitrogens is 1. The van der Waals surface area contributed by atoms with Crippen molar-refractivity contribution >= 4 is 16.6 Å². The molecule has 0 fully saturated rings. The van der Waals surface area contributed by atoms with Crippen LogP contribution in [0.15, 0.2) is 30.3 Å². The Bertz CT molecular complexity index is 649. The average molecular weight is 271 g/mol. The molecule has 0 atom stereocenters. The molecule has 0 amide bonds. The molecular weight excluding hydrogens is 250 g/mol. The fourth-order valence-electron chi connectivity index (χ4n) is 3.32. The molecule has 1 aliphatic rings. The number of imidazole rings is 1. The minimum Gasteiger partial charge on any atom is -0.338 e. The van der Waals surface area contributed by atoms with Crippen molar-refractivity contribution < 1.29 is 4.84 Å². The van der Waals surface area contributed by atoms with Crippen molar-refractivity contribution in [1.82, 2.24) is 15.0 Å². The van der Waals surface area contributed by atoms with Crippen molar-refractivity contribution in [2.75, 3.05) is 7.11 Å². The van der Waals surface area contributed by atoms with Gasteiger partial charge in [0, 0.05) is 5.57 Å². The van der Waals surface area contributed by atoms with E-state index in [2.05, 4.69) is 38.8 Å². The molecule has 1 aromatic carbocycles. The van der Waals surface area contributed by atoms with Gasteiger partial charge in [-0.15, -0.1) is 0 Å². The van der Waals surface area contributed by atoms with Crippen molar-refractivity contribution in [2.24, 2.45) is 0 Å². The third-order valence-electron chi connectivity index (χ3n) is 4.01. The second-order valence-electron chi connectivity index (χ2n) is 6.35. The van der Waals surface area contributed by atoms with Crippen molar-refractivity contribution in [1.29, 1.82) is 0 Å². The van der Waals surface area contributed by atoms with Crippen molar-refractivity contribution in [3.63, 3.8) is 0 Å². The lowest BCUT2D eigenvalue weighted by molar-refractivity contribution is -0.209. The molecule has 0 radical (unpaired) electrons. The number of rotatable bonds is 2. The molecular formula is C16H21N3O. The molecule has 0 spiro atoms. The van der Waals surface area contributed by atoms with Gasteiger partial charge in [0.2, 0.25) is 0 Å². The predicted molar refractivity (Wildman–Crippen MR) is 81.1 cm³/mol.